The Labute approximate surface area is 95.8 Å². The molecular formula is C11H19N5. The van der Waals surface area contributed by atoms with Crippen LogP contribution in [0.2, 0.25) is 0 Å². The molecular weight excluding hydrogens is 202 g/mol. The van der Waals surface area contributed by atoms with Crippen LogP contribution in [0.1, 0.15) is 27.7 Å². The van der Waals surface area contributed by atoms with Crippen molar-refractivity contribution in [3.05, 3.63) is 12.4 Å². The van der Waals surface area contributed by atoms with Gasteiger partial charge in [-0.05, 0) is 10.8 Å². The average Bonchev–Trinajstić information content (AvgIpc) is 2.61. The Morgan fingerprint density at radius 1 is 1.12 bits per heavy atom. The van der Waals surface area contributed by atoms with Gasteiger partial charge in [0.25, 0.3) is 0 Å². The zero-order valence-corrected chi connectivity index (χ0v) is 10.2. The summed E-state index contributed by atoms with van der Waals surface area (Å²) in [7, 11) is 0. The summed E-state index contributed by atoms with van der Waals surface area (Å²) in [6.07, 6.45) is 3.31. The number of nitrogens with two attached hydrogens (primary N) is 1. The molecule has 0 aromatic carbocycles. The van der Waals surface area contributed by atoms with Gasteiger partial charge in [-0.2, -0.15) is 0 Å². The van der Waals surface area contributed by atoms with E-state index in [1.807, 2.05) is 0 Å². The molecule has 0 atom stereocenters. The molecule has 0 spiro atoms. The fourth-order valence-electron chi connectivity index (χ4n) is 2.21. The maximum absolute atomic E-state index is 5.29. The molecule has 5 heteroatoms. The van der Waals surface area contributed by atoms with E-state index < -0.39 is 0 Å². The average molecular weight is 221 g/mol. The SMILES string of the molecule is CC1(C)C(Nc2cncc(NN)n2)C1(C)C. The lowest BCUT2D eigenvalue weighted by atomic mass is 10.0. The molecule has 1 heterocycles. The molecule has 0 aliphatic heterocycles. The van der Waals surface area contributed by atoms with E-state index in [0.717, 1.165) is 5.82 Å². The number of anilines is 2. The van der Waals surface area contributed by atoms with Crippen LogP contribution in [0.5, 0.6) is 0 Å². The zero-order valence-electron chi connectivity index (χ0n) is 10.2. The maximum Gasteiger partial charge on any atom is 0.160 e. The second kappa shape index (κ2) is 3.31. The first-order chi connectivity index (χ1) is 7.39. The van der Waals surface area contributed by atoms with Crippen LogP contribution in [0, 0.1) is 10.8 Å². The van der Waals surface area contributed by atoms with Crippen LogP contribution < -0.4 is 16.6 Å². The van der Waals surface area contributed by atoms with Crippen molar-refractivity contribution in [2.24, 2.45) is 16.7 Å². The monoisotopic (exact) mass is 221 g/mol. The van der Waals surface area contributed by atoms with Crippen molar-refractivity contribution in [1.82, 2.24) is 9.97 Å². The molecule has 0 amide bonds. The van der Waals surface area contributed by atoms with Crippen LogP contribution in [-0.2, 0) is 0 Å². The minimum absolute atomic E-state index is 0.279. The predicted molar refractivity (Wildman–Crippen MR) is 64.8 cm³/mol. The highest BCUT2D eigenvalue weighted by Gasteiger charge is 2.65. The molecule has 4 N–H and O–H groups in total. The van der Waals surface area contributed by atoms with Gasteiger partial charge in [-0.15, -0.1) is 0 Å². The molecule has 1 fully saturated rings. The van der Waals surface area contributed by atoms with Gasteiger partial charge in [-0.3, -0.25) is 4.98 Å². The van der Waals surface area contributed by atoms with E-state index in [-0.39, 0.29) is 10.8 Å². The number of hydrogen-bond donors (Lipinski definition) is 3. The number of aromatic nitrogens is 2. The third kappa shape index (κ3) is 1.51. The lowest BCUT2D eigenvalue weighted by Crippen LogP contribution is -2.14. The van der Waals surface area contributed by atoms with Gasteiger partial charge in [0.2, 0.25) is 0 Å². The van der Waals surface area contributed by atoms with Gasteiger partial charge in [0.1, 0.15) is 5.82 Å². The highest BCUT2D eigenvalue weighted by Crippen LogP contribution is 2.63. The van der Waals surface area contributed by atoms with Crippen molar-refractivity contribution in [3.8, 4) is 0 Å². The fraction of sp³-hybridized carbons (Fsp3) is 0.636. The second-order valence-corrected chi connectivity index (χ2v) is 5.45. The van der Waals surface area contributed by atoms with E-state index in [2.05, 4.69) is 48.4 Å². The minimum Gasteiger partial charge on any atom is -0.365 e. The number of hydrazine groups is 1. The summed E-state index contributed by atoms with van der Waals surface area (Å²) in [6.45, 7) is 9.01. The van der Waals surface area contributed by atoms with Crippen LogP contribution >= 0.6 is 0 Å². The van der Waals surface area contributed by atoms with E-state index >= 15 is 0 Å². The van der Waals surface area contributed by atoms with E-state index in [4.69, 9.17) is 5.84 Å². The van der Waals surface area contributed by atoms with Crippen LogP contribution in [0.25, 0.3) is 0 Å². The molecule has 2 rings (SSSR count). The van der Waals surface area contributed by atoms with E-state index in [9.17, 15) is 0 Å². The van der Waals surface area contributed by atoms with Gasteiger partial charge in [-0.1, -0.05) is 27.7 Å². The van der Waals surface area contributed by atoms with Gasteiger partial charge in [0, 0.05) is 6.04 Å². The molecule has 5 nitrogen and oxygen atoms in total. The molecule has 0 bridgehead atoms. The predicted octanol–water partition coefficient (Wildman–Crippen LogP) is 1.61. The molecule has 0 radical (unpaired) electrons. The zero-order chi connectivity index (χ0) is 12.0. The van der Waals surface area contributed by atoms with Gasteiger partial charge in [-0.25, -0.2) is 10.8 Å². The number of nitrogen functional groups attached to an aromatic ring is 1. The van der Waals surface area contributed by atoms with Crippen LogP contribution in [0.15, 0.2) is 12.4 Å². The summed E-state index contributed by atoms with van der Waals surface area (Å²) in [4.78, 5) is 8.36. The van der Waals surface area contributed by atoms with Gasteiger partial charge < -0.3 is 10.7 Å². The first-order valence-electron chi connectivity index (χ1n) is 5.45. The Bertz CT molecular complexity index is 385. The summed E-state index contributed by atoms with van der Waals surface area (Å²) < 4.78 is 0. The van der Waals surface area contributed by atoms with Crippen molar-refractivity contribution in [3.63, 3.8) is 0 Å². The van der Waals surface area contributed by atoms with Gasteiger partial charge in [0.15, 0.2) is 5.82 Å². The first kappa shape index (κ1) is 11.1. The standard InChI is InChI=1S/C11H19N5/c1-10(2)9(11(10,3)4)15-7-5-13-6-8(14-7)16-12/h5-6,9H,12H2,1-4H3,(H2,14,15,16). The Hall–Kier alpha value is -1.36. The van der Waals surface area contributed by atoms with E-state index in [0.29, 0.717) is 11.9 Å². The number of nitrogens with one attached hydrogen (secondary N) is 2. The smallest absolute Gasteiger partial charge is 0.160 e. The molecule has 1 saturated carbocycles. The molecule has 1 aliphatic rings. The van der Waals surface area contributed by atoms with Crippen molar-refractivity contribution in [2.45, 2.75) is 33.7 Å². The molecule has 88 valence electrons. The minimum atomic E-state index is 0.279. The Morgan fingerprint density at radius 2 is 1.69 bits per heavy atom. The van der Waals surface area contributed by atoms with Crippen LogP contribution in [0.4, 0.5) is 11.6 Å². The van der Waals surface area contributed by atoms with Crippen LogP contribution in [0.3, 0.4) is 0 Å². The molecule has 1 aromatic heterocycles. The summed E-state index contributed by atoms with van der Waals surface area (Å²) >= 11 is 0. The van der Waals surface area contributed by atoms with Crippen molar-refractivity contribution >= 4 is 11.6 Å². The third-order valence-corrected chi connectivity index (χ3v) is 4.10. The highest BCUT2D eigenvalue weighted by molar-refractivity contribution is 5.45. The highest BCUT2D eigenvalue weighted by atomic mass is 15.3. The number of nitrogens with zero attached hydrogens (tertiary/aromatic N) is 2. The first-order valence-corrected chi connectivity index (χ1v) is 5.45. The Balaban J connectivity index is 2.12. The maximum atomic E-state index is 5.29. The summed E-state index contributed by atoms with van der Waals surface area (Å²) in [5.74, 6) is 6.63. The topological polar surface area (TPSA) is 75.9 Å². The molecule has 1 aromatic rings. The quantitative estimate of drug-likeness (QED) is 0.534. The van der Waals surface area contributed by atoms with Crippen LogP contribution in [-0.4, -0.2) is 16.0 Å². The van der Waals surface area contributed by atoms with E-state index in [1.54, 1.807) is 12.4 Å². The molecule has 0 saturated heterocycles. The van der Waals surface area contributed by atoms with Gasteiger partial charge >= 0.3 is 0 Å². The summed E-state index contributed by atoms with van der Waals surface area (Å²) in [5.41, 5.74) is 3.05. The second-order valence-electron chi connectivity index (χ2n) is 5.45. The normalized spacial score (nSPS) is 21.6. The summed E-state index contributed by atoms with van der Waals surface area (Å²) in [6, 6.07) is 0.419. The van der Waals surface area contributed by atoms with Gasteiger partial charge in [0.05, 0.1) is 12.4 Å². The van der Waals surface area contributed by atoms with Crippen molar-refractivity contribution < 1.29 is 0 Å². The Kier molecular flexibility index (Phi) is 2.31. The molecule has 0 unspecified atom stereocenters. The molecule has 16 heavy (non-hydrogen) atoms. The third-order valence-electron chi connectivity index (χ3n) is 4.10. The lowest BCUT2D eigenvalue weighted by Gasteiger charge is -2.07. The molecule has 1 aliphatic carbocycles. The lowest BCUT2D eigenvalue weighted by molar-refractivity contribution is 0.457. The fourth-order valence-corrected chi connectivity index (χ4v) is 2.21. The van der Waals surface area contributed by atoms with Crippen molar-refractivity contribution in [2.75, 3.05) is 10.7 Å². The summed E-state index contributed by atoms with van der Waals surface area (Å²) in [5, 5.41) is 3.40. The number of rotatable bonds is 3. The number of hydrogen-bond acceptors (Lipinski definition) is 5. The van der Waals surface area contributed by atoms with Crippen molar-refractivity contribution in [1.29, 1.82) is 0 Å². The Morgan fingerprint density at radius 3 is 2.19 bits per heavy atom. The van der Waals surface area contributed by atoms with E-state index in [1.165, 1.54) is 0 Å². The largest absolute Gasteiger partial charge is 0.365 e.